The second kappa shape index (κ2) is 7.89. The average molecular weight is 465 g/mol. The molecule has 3 aromatic rings. The minimum Gasteiger partial charge on any atom is -0.496 e. The van der Waals surface area contributed by atoms with Crippen molar-refractivity contribution in [3.63, 3.8) is 0 Å². The third kappa shape index (κ3) is 4.32. The van der Waals surface area contributed by atoms with Crippen molar-refractivity contribution in [3.8, 4) is 17.1 Å². The third-order valence-corrected chi connectivity index (χ3v) is 4.64. The van der Waals surface area contributed by atoms with Gasteiger partial charge in [-0.05, 0) is 42.5 Å². The van der Waals surface area contributed by atoms with Crippen molar-refractivity contribution in [1.29, 1.82) is 0 Å². The molecule has 0 unspecified atom stereocenters. The van der Waals surface area contributed by atoms with Crippen LogP contribution in [0.5, 0.6) is 5.75 Å². The SMILES string of the molecule is COc1ccc(Br)cc1C(=O)NCc1ccc(-c2ccc(Br)cc2)o1. The number of carbonyl (C=O) groups is 1. The van der Waals surface area contributed by atoms with Gasteiger partial charge in [0.1, 0.15) is 17.3 Å². The van der Waals surface area contributed by atoms with E-state index in [4.69, 9.17) is 9.15 Å². The number of nitrogens with one attached hydrogen (secondary N) is 1. The minimum atomic E-state index is -0.222. The van der Waals surface area contributed by atoms with Gasteiger partial charge >= 0.3 is 0 Å². The fourth-order valence-electron chi connectivity index (χ4n) is 2.36. The number of amides is 1. The summed E-state index contributed by atoms with van der Waals surface area (Å²) in [6.07, 6.45) is 0. The molecule has 128 valence electrons. The van der Waals surface area contributed by atoms with E-state index in [-0.39, 0.29) is 5.91 Å². The number of benzene rings is 2. The molecule has 0 aliphatic heterocycles. The van der Waals surface area contributed by atoms with Crippen molar-refractivity contribution < 1.29 is 13.9 Å². The summed E-state index contributed by atoms with van der Waals surface area (Å²) in [5.74, 6) is 1.74. The number of carbonyl (C=O) groups excluding carboxylic acids is 1. The number of rotatable bonds is 5. The molecular formula is C19H15Br2NO3. The molecule has 2 aromatic carbocycles. The molecule has 1 aromatic heterocycles. The highest BCUT2D eigenvalue weighted by Crippen LogP contribution is 2.25. The highest BCUT2D eigenvalue weighted by Gasteiger charge is 2.13. The van der Waals surface area contributed by atoms with E-state index in [1.54, 1.807) is 12.1 Å². The molecular weight excluding hydrogens is 450 g/mol. The molecule has 1 amide bonds. The van der Waals surface area contributed by atoms with E-state index in [2.05, 4.69) is 37.2 Å². The van der Waals surface area contributed by atoms with Crippen LogP contribution in [0.1, 0.15) is 16.1 Å². The molecule has 0 bridgehead atoms. The topological polar surface area (TPSA) is 51.5 Å². The number of ether oxygens (including phenoxy) is 1. The van der Waals surface area contributed by atoms with Gasteiger partial charge in [0.2, 0.25) is 0 Å². The lowest BCUT2D eigenvalue weighted by atomic mass is 10.2. The number of hydrogen-bond acceptors (Lipinski definition) is 3. The Kier molecular flexibility index (Phi) is 5.60. The van der Waals surface area contributed by atoms with Crippen LogP contribution in [0.3, 0.4) is 0 Å². The van der Waals surface area contributed by atoms with Crippen LogP contribution in [0.4, 0.5) is 0 Å². The zero-order valence-electron chi connectivity index (χ0n) is 13.4. The van der Waals surface area contributed by atoms with Crippen LogP contribution in [0, 0.1) is 0 Å². The van der Waals surface area contributed by atoms with E-state index in [9.17, 15) is 4.79 Å². The average Bonchev–Trinajstić information content (AvgIpc) is 3.09. The Morgan fingerprint density at radius 2 is 1.76 bits per heavy atom. The van der Waals surface area contributed by atoms with Crippen molar-refractivity contribution in [1.82, 2.24) is 5.32 Å². The van der Waals surface area contributed by atoms with Crippen molar-refractivity contribution in [2.45, 2.75) is 6.54 Å². The third-order valence-electron chi connectivity index (χ3n) is 3.62. The van der Waals surface area contributed by atoms with Gasteiger partial charge in [-0.2, -0.15) is 0 Å². The van der Waals surface area contributed by atoms with E-state index in [1.165, 1.54) is 7.11 Å². The summed E-state index contributed by atoms with van der Waals surface area (Å²) in [4.78, 5) is 12.4. The maximum atomic E-state index is 12.4. The molecule has 0 radical (unpaired) electrons. The van der Waals surface area contributed by atoms with Crippen LogP contribution in [0.2, 0.25) is 0 Å². The van der Waals surface area contributed by atoms with Crippen LogP contribution >= 0.6 is 31.9 Å². The Balaban J connectivity index is 1.69. The van der Waals surface area contributed by atoms with Crippen LogP contribution in [-0.4, -0.2) is 13.0 Å². The van der Waals surface area contributed by atoms with Crippen LogP contribution in [0.15, 0.2) is 68.0 Å². The lowest BCUT2D eigenvalue weighted by Gasteiger charge is -2.09. The van der Waals surface area contributed by atoms with E-state index in [1.807, 2.05) is 42.5 Å². The fourth-order valence-corrected chi connectivity index (χ4v) is 2.99. The van der Waals surface area contributed by atoms with Gasteiger partial charge in [0.15, 0.2) is 0 Å². The summed E-state index contributed by atoms with van der Waals surface area (Å²) in [6, 6.07) is 16.9. The first kappa shape index (κ1) is 17.8. The first-order valence-electron chi connectivity index (χ1n) is 7.53. The summed E-state index contributed by atoms with van der Waals surface area (Å²) >= 11 is 6.78. The van der Waals surface area contributed by atoms with Crippen molar-refractivity contribution >= 4 is 37.8 Å². The second-order valence-electron chi connectivity index (χ2n) is 5.30. The normalized spacial score (nSPS) is 10.5. The first-order valence-corrected chi connectivity index (χ1v) is 9.12. The van der Waals surface area contributed by atoms with Gasteiger partial charge in [-0.3, -0.25) is 4.79 Å². The van der Waals surface area contributed by atoms with Crippen molar-refractivity contribution in [2.24, 2.45) is 0 Å². The largest absolute Gasteiger partial charge is 0.496 e. The zero-order valence-corrected chi connectivity index (χ0v) is 16.6. The zero-order chi connectivity index (χ0) is 17.8. The molecule has 0 aliphatic carbocycles. The molecule has 1 N–H and O–H groups in total. The highest BCUT2D eigenvalue weighted by atomic mass is 79.9. The number of methoxy groups -OCH3 is 1. The molecule has 3 rings (SSSR count). The molecule has 1 heterocycles. The smallest absolute Gasteiger partial charge is 0.255 e. The van der Waals surface area contributed by atoms with Gasteiger partial charge in [0.05, 0.1) is 19.2 Å². The molecule has 0 atom stereocenters. The fraction of sp³-hybridized carbons (Fsp3) is 0.105. The summed E-state index contributed by atoms with van der Waals surface area (Å²) in [7, 11) is 1.54. The van der Waals surface area contributed by atoms with Crippen molar-refractivity contribution in [2.75, 3.05) is 7.11 Å². The molecule has 6 heteroatoms. The van der Waals surface area contributed by atoms with Crippen LogP contribution in [0.25, 0.3) is 11.3 Å². The Hall–Kier alpha value is -2.05. The molecule has 25 heavy (non-hydrogen) atoms. The van der Waals surface area contributed by atoms with E-state index < -0.39 is 0 Å². The van der Waals surface area contributed by atoms with E-state index in [0.717, 1.165) is 20.3 Å². The van der Waals surface area contributed by atoms with Crippen molar-refractivity contribution in [3.05, 3.63) is 74.9 Å². The molecule has 0 saturated heterocycles. The predicted octanol–water partition coefficient (Wildman–Crippen LogP) is 5.41. The Morgan fingerprint density at radius 3 is 2.48 bits per heavy atom. The summed E-state index contributed by atoms with van der Waals surface area (Å²) in [5, 5.41) is 2.85. The quantitative estimate of drug-likeness (QED) is 0.549. The molecule has 0 fully saturated rings. The second-order valence-corrected chi connectivity index (χ2v) is 7.13. The highest BCUT2D eigenvalue weighted by molar-refractivity contribution is 9.10. The van der Waals surface area contributed by atoms with Gasteiger partial charge in [-0.25, -0.2) is 0 Å². The Morgan fingerprint density at radius 1 is 1.04 bits per heavy atom. The number of hydrogen-bond donors (Lipinski definition) is 1. The molecule has 0 aliphatic rings. The lowest BCUT2D eigenvalue weighted by molar-refractivity contribution is 0.0945. The predicted molar refractivity (Wildman–Crippen MR) is 104 cm³/mol. The van der Waals surface area contributed by atoms with E-state index >= 15 is 0 Å². The number of furan rings is 1. The lowest BCUT2D eigenvalue weighted by Crippen LogP contribution is -2.23. The van der Waals surface area contributed by atoms with Gasteiger partial charge < -0.3 is 14.5 Å². The Labute approximate surface area is 162 Å². The summed E-state index contributed by atoms with van der Waals surface area (Å²) in [5.41, 5.74) is 1.45. The van der Waals surface area contributed by atoms with Gasteiger partial charge in [0, 0.05) is 14.5 Å². The van der Waals surface area contributed by atoms with Gasteiger partial charge in [-0.15, -0.1) is 0 Å². The first-order chi connectivity index (χ1) is 12.1. The van der Waals surface area contributed by atoms with Crippen LogP contribution < -0.4 is 10.1 Å². The van der Waals surface area contributed by atoms with Gasteiger partial charge in [-0.1, -0.05) is 44.0 Å². The number of halogens is 2. The summed E-state index contributed by atoms with van der Waals surface area (Å²) < 4.78 is 12.9. The molecule has 4 nitrogen and oxygen atoms in total. The van der Waals surface area contributed by atoms with Gasteiger partial charge in [0.25, 0.3) is 5.91 Å². The van der Waals surface area contributed by atoms with Crippen LogP contribution in [-0.2, 0) is 6.54 Å². The standard InChI is InChI=1S/C19H15Br2NO3/c1-24-18-8-6-14(21)10-16(18)19(23)22-11-15-7-9-17(25-15)12-2-4-13(20)5-3-12/h2-10H,11H2,1H3,(H,22,23). The maximum Gasteiger partial charge on any atom is 0.255 e. The monoisotopic (exact) mass is 463 g/mol. The maximum absolute atomic E-state index is 12.4. The summed E-state index contributed by atoms with van der Waals surface area (Å²) in [6.45, 7) is 0.297. The van der Waals surface area contributed by atoms with E-state index in [0.29, 0.717) is 23.6 Å². The molecule has 0 spiro atoms. The molecule has 0 saturated carbocycles. The Bertz CT molecular complexity index is 888. The minimum absolute atomic E-state index is 0.222.